The second-order valence-electron chi connectivity index (χ2n) is 7.29. The summed E-state index contributed by atoms with van der Waals surface area (Å²) in [4.78, 5) is 14.8. The maximum absolute atomic E-state index is 12.9. The first-order valence-electron chi connectivity index (χ1n) is 8.80. The number of amides is 1. The standard InChI is InChI=1S/C18H29N3O3S.ClH/c1-13(2)10-17(18(22)21-9-8-15(11-19)12-21)20-25(23,24)16-6-4-14(3)5-7-16;/h4-7,13,15,17,20H,8-12,19H2,1-3H3;1H. The minimum Gasteiger partial charge on any atom is -0.341 e. The Labute approximate surface area is 163 Å². The normalized spacial score (nSPS) is 18.7. The molecule has 3 N–H and O–H groups in total. The summed E-state index contributed by atoms with van der Waals surface area (Å²) in [5, 5.41) is 0. The van der Waals surface area contributed by atoms with E-state index in [1.54, 1.807) is 29.2 Å². The molecule has 0 radical (unpaired) electrons. The second kappa shape index (κ2) is 9.69. The SMILES string of the molecule is Cc1ccc(S(=O)(=O)NC(CC(C)C)C(=O)N2CCC(CN)C2)cc1.Cl. The van der Waals surface area contributed by atoms with Gasteiger partial charge < -0.3 is 10.6 Å². The average molecular weight is 404 g/mol. The highest BCUT2D eigenvalue weighted by Gasteiger charge is 2.33. The molecular formula is C18H30ClN3O3S. The lowest BCUT2D eigenvalue weighted by atomic mass is 10.0. The quantitative estimate of drug-likeness (QED) is 0.727. The van der Waals surface area contributed by atoms with Crippen molar-refractivity contribution in [2.75, 3.05) is 19.6 Å². The van der Waals surface area contributed by atoms with E-state index in [2.05, 4.69) is 4.72 Å². The van der Waals surface area contributed by atoms with Crippen LogP contribution in [0.2, 0.25) is 0 Å². The van der Waals surface area contributed by atoms with Crippen LogP contribution >= 0.6 is 12.4 Å². The summed E-state index contributed by atoms with van der Waals surface area (Å²) in [7, 11) is -3.74. The smallest absolute Gasteiger partial charge is 0.241 e. The number of benzene rings is 1. The molecule has 6 nitrogen and oxygen atoms in total. The number of nitrogens with one attached hydrogen (secondary N) is 1. The van der Waals surface area contributed by atoms with Crippen molar-refractivity contribution in [3.63, 3.8) is 0 Å². The predicted octanol–water partition coefficient (Wildman–Crippen LogP) is 1.92. The number of carbonyl (C=O) groups excluding carboxylic acids is 1. The zero-order valence-electron chi connectivity index (χ0n) is 15.6. The van der Waals surface area contributed by atoms with E-state index in [1.807, 2.05) is 20.8 Å². The van der Waals surface area contributed by atoms with E-state index in [0.717, 1.165) is 12.0 Å². The summed E-state index contributed by atoms with van der Waals surface area (Å²) in [6.07, 6.45) is 1.34. The zero-order valence-corrected chi connectivity index (χ0v) is 17.3. The van der Waals surface area contributed by atoms with Crippen LogP contribution in [0.25, 0.3) is 0 Å². The molecular weight excluding hydrogens is 374 g/mol. The van der Waals surface area contributed by atoms with E-state index >= 15 is 0 Å². The van der Waals surface area contributed by atoms with Gasteiger partial charge in [-0.05, 0) is 50.3 Å². The molecule has 0 aliphatic carbocycles. The lowest BCUT2D eigenvalue weighted by Gasteiger charge is -2.25. The lowest BCUT2D eigenvalue weighted by Crippen LogP contribution is -2.48. The van der Waals surface area contributed by atoms with Gasteiger partial charge in [0.2, 0.25) is 15.9 Å². The first-order chi connectivity index (χ1) is 11.7. The summed E-state index contributed by atoms with van der Waals surface area (Å²) in [6, 6.07) is 5.88. The van der Waals surface area contributed by atoms with Gasteiger partial charge in [0.25, 0.3) is 0 Å². The topological polar surface area (TPSA) is 92.5 Å². The third kappa shape index (κ3) is 5.94. The average Bonchev–Trinajstić information content (AvgIpc) is 3.02. The van der Waals surface area contributed by atoms with Gasteiger partial charge in [0.15, 0.2) is 0 Å². The molecule has 0 spiro atoms. The van der Waals surface area contributed by atoms with Crippen LogP contribution in [0, 0.1) is 18.8 Å². The number of aryl methyl sites for hydroxylation is 1. The monoisotopic (exact) mass is 403 g/mol. The van der Waals surface area contributed by atoms with Crippen molar-refractivity contribution in [1.82, 2.24) is 9.62 Å². The van der Waals surface area contributed by atoms with Crippen molar-refractivity contribution in [2.24, 2.45) is 17.6 Å². The number of nitrogens with two attached hydrogens (primary N) is 1. The van der Waals surface area contributed by atoms with Gasteiger partial charge in [-0.2, -0.15) is 4.72 Å². The fourth-order valence-corrected chi connectivity index (χ4v) is 4.29. The molecule has 0 bridgehead atoms. The van der Waals surface area contributed by atoms with Gasteiger partial charge in [0, 0.05) is 13.1 Å². The van der Waals surface area contributed by atoms with E-state index in [9.17, 15) is 13.2 Å². The van der Waals surface area contributed by atoms with Crippen LogP contribution in [0.4, 0.5) is 0 Å². The first kappa shape index (κ1) is 22.9. The highest BCUT2D eigenvalue weighted by atomic mass is 35.5. The molecule has 148 valence electrons. The van der Waals surface area contributed by atoms with Crippen molar-refractivity contribution in [1.29, 1.82) is 0 Å². The maximum atomic E-state index is 12.9. The third-order valence-electron chi connectivity index (χ3n) is 4.56. The molecule has 1 fully saturated rings. The van der Waals surface area contributed by atoms with Crippen molar-refractivity contribution in [3.8, 4) is 0 Å². The Kier molecular flexibility index (Phi) is 8.53. The Morgan fingerprint density at radius 2 is 1.92 bits per heavy atom. The number of rotatable bonds is 7. The van der Waals surface area contributed by atoms with Crippen LogP contribution in [0.1, 0.15) is 32.3 Å². The molecule has 1 heterocycles. The Morgan fingerprint density at radius 1 is 1.31 bits per heavy atom. The molecule has 26 heavy (non-hydrogen) atoms. The van der Waals surface area contributed by atoms with Crippen LogP contribution < -0.4 is 10.5 Å². The maximum Gasteiger partial charge on any atom is 0.241 e. The minimum atomic E-state index is -3.74. The Bertz CT molecular complexity index is 692. The molecule has 1 aromatic carbocycles. The Hall–Kier alpha value is -1.15. The molecule has 1 saturated heterocycles. The van der Waals surface area contributed by atoms with E-state index in [1.165, 1.54) is 0 Å². The molecule has 2 unspecified atom stereocenters. The number of likely N-dealkylation sites (tertiary alicyclic amines) is 1. The molecule has 1 amide bonds. The predicted molar refractivity (Wildman–Crippen MR) is 106 cm³/mol. The largest absolute Gasteiger partial charge is 0.341 e. The highest BCUT2D eigenvalue weighted by Crippen LogP contribution is 2.19. The van der Waals surface area contributed by atoms with Gasteiger partial charge in [-0.25, -0.2) is 8.42 Å². The third-order valence-corrected chi connectivity index (χ3v) is 6.05. The van der Waals surface area contributed by atoms with E-state index < -0.39 is 16.1 Å². The highest BCUT2D eigenvalue weighted by molar-refractivity contribution is 7.89. The molecule has 1 aliphatic rings. The molecule has 2 atom stereocenters. The number of nitrogens with zero attached hydrogens (tertiary/aromatic N) is 1. The molecule has 1 aromatic rings. The molecule has 0 aromatic heterocycles. The van der Waals surface area contributed by atoms with Crippen molar-refractivity contribution in [2.45, 2.75) is 44.6 Å². The first-order valence-corrected chi connectivity index (χ1v) is 10.3. The second-order valence-corrected chi connectivity index (χ2v) is 9.01. The fraction of sp³-hybridized carbons (Fsp3) is 0.611. The molecule has 8 heteroatoms. The van der Waals surface area contributed by atoms with E-state index in [-0.39, 0.29) is 29.1 Å². The van der Waals surface area contributed by atoms with Crippen LogP contribution in [-0.4, -0.2) is 44.9 Å². The van der Waals surface area contributed by atoms with Gasteiger partial charge >= 0.3 is 0 Å². The van der Waals surface area contributed by atoms with Gasteiger partial charge in [0.05, 0.1) is 4.90 Å². The number of hydrogen-bond donors (Lipinski definition) is 2. The summed E-state index contributed by atoms with van der Waals surface area (Å²) in [5.74, 6) is 0.347. The number of hydrogen-bond acceptors (Lipinski definition) is 4. The van der Waals surface area contributed by atoms with Crippen LogP contribution in [0.5, 0.6) is 0 Å². The molecule has 2 rings (SSSR count). The number of carbonyl (C=O) groups is 1. The van der Waals surface area contributed by atoms with Gasteiger partial charge in [-0.15, -0.1) is 12.4 Å². The summed E-state index contributed by atoms with van der Waals surface area (Å²) < 4.78 is 28.0. The lowest BCUT2D eigenvalue weighted by molar-refractivity contribution is -0.132. The Balaban J connectivity index is 0.00000338. The van der Waals surface area contributed by atoms with Crippen LogP contribution in [0.15, 0.2) is 29.2 Å². The van der Waals surface area contributed by atoms with Crippen LogP contribution in [0.3, 0.4) is 0 Å². The van der Waals surface area contributed by atoms with E-state index in [4.69, 9.17) is 5.73 Å². The summed E-state index contributed by atoms with van der Waals surface area (Å²) in [5.41, 5.74) is 6.68. The minimum absolute atomic E-state index is 0. The summed E-state index contributed by atoms with van der Waals surface area (Å²) in [6.45, 7) is 7.65. The van der Waals surface area contributed by atoms with Crippen molar-refractivity contribution < 1.29 is 13.2 Å². The molecule has 1 aliphatic heterocycles. The number of halogens is 1. The van der Waals surface area contributed by atoms with Crippen molar-refractivity contribution in [3.05, 3.63) is 29.8 Å². The Morgan fingerprint density at radius 3 is 2.42 bits per heavy atom. The number of sulfonamides is 1. The van der Waals surface area contributed by atoms with Crippen LogP contribution in [-0.2, 0) is 14.8 Å². The zero-order chi connectivity index (χ0) is 18.6. The van der Waals surface area contributed by atoms with Gasteiger partial charge in [-0.1, -0.05) is 31.5 Å². The van der Waals surface area contributed by atoms with Gasteiger partial charge in [0.1, 0.15) is 6.04 Å². The van der Waals surface area contributed by atoms with E-state index in [0.29, 0.717) is 32.0 Å². The van der Waals surface area contributed by atoms with Crippen molar-refractivity contribution >= 4 is 28.3 Å². The van der Waals surface area contributed by atoms with Gasteiger partial charge in [-0.3, -0.25) is 4.79 Å². The molecule has 0 saturated carbocycles. The fourth-order valence-electron chi connectivity index (χ4n) is 3.09. The summed E-state index contributed by atoms with van der Waals surface area (Å²) >= 11 is 0.